The highest BCUT2D eigenvalue weighted by molar-refractivity contribution is 6.25. The lowest BCUT2D eigenvalue weighted by molar-refractivity contribution is -0.148. The number of ketones is 1. The van der Waals surface area contributed by atoms with Gasteiger partial charge in [0.25, 0.3) is 0 Å². The number of hydrogen-bond acceptors (Lipinski definition) is 4. The van der Waals surface area contributed by atoms with Crippen LogP contribution in [-0.4, -0.2) is 22.7 Å². The van der Waals surface area contributed by atoms with E-state index in [1.165, 1.54) is 12.5 Å². The van der Waals surface area contributed by atoms with E-state index in [1.54, 1.807) is 0 Å². The summed E-state index contributed by atoms with van der Waals surface area (Å²) in [5, 5.41) is 9.71. The van der Waals surface area contributed by atoms with E-state index in [0.29, 0.717) is 30.6 Å². The number of alkyl halides is 1. The minimum atomic E-state index is -0.903. The maximum Gasteiger partial charge on any atom is 0.304 e. The lowest BCUT2D eigenvalue weighted by Crippen LogP contribution is -2.56. The standard InChI is InChI=1S/C23H30ClNO3/c1-14(26)28-20(13-25)23(24)11-8-19-17-5-4-15-12-16(27)6-9-21(15,2)18(17)7-10-22(19,23)3/h12,17-20H,4-11H2,1-3H3/t17-,18+,19+,20?,21+,22+,23+/m1/s1. The van der Waals surface area contributed by atoms with Crippen molar-refractivity contribution in [3.63, 3.8) is 0 Å². The van der Waals surface area contributed by atoms with Gasteiger partial charge in [0.2, 0.25) is 6.10 Å². The van der Waals surface area contributed by atoms with E-state index in [1.807, 2.05) is 6.08 Å². The van der Waals surface area contributed by atoms with Crippen LogP contribution >= 0.6 is 11.6 Å². The Hall–Kier alpha value is -1.34. The Kier molecular flexibility index (Phi) is 4.70. The summed E-state index contributed by atoms with van der Waals surface area (Å²) in [6, 6.07) is 2.18. The van der Waals surface area contributed by atoms with Crippen LogP contribution in [0.1, 0.15) is 72.1 Å². The molecule has 4 rings (SSSR count). The summed E-state index contributed by atoms with van der Waals surface area (Å²) in [6.07, 6.45) is 8.44. The molecule has 152 valence electrons. The Morgan fingerprint density at radius 1 is 1.21 bits per heavy atom. The van der Waals surface area contributed by atoms with Crippen LogP contribution in [0.2, 0.25) is 0 Å². The Labute approximate surface area is 172 Å². The molecule has 4 nitrogen and oxygen atoms in total. The Morgan fingerprint density at radius 3 is 2.61 bits per heavy atom. The molecule has 0 aromatic rings. The largest absolute Gasteiger partial charge is 0.445 e. The lowest BCUT2D eigenvalue weighted by atomic mass is 9.46. The van der Waals surface area contributed by atoms with Gasteiger partial charge in [0.1, 0.15) is 10.9 Å². The molecular formula is C23H30ClNO3. The van der Waals surface area contributed by atoms with Gasteiger partial charge in [-0.1, -0.05) is 19.4 Å². The number of esters is 1. The van der Waals surface area contributed by atoms with Crippen LogP contribution in [0.25, 0.3) is 0 Å². The van der Waals surface area contributed by atoms with E-state index in [0.717, 1.165) is 38.5 Å². The van der Waals surface area contributed by atoms with Crippen molar-refractivity contribution >= 4 is 23.4 Å². The van der Waals surface area contributed by atoms with Gasteiger partial charge in [-0.25, -0.2) is 0 Å². The molecule has 0 spiro atoms. The molecule has 0 radical (unpaired) electrons. The fourth-order valence-corrected chi connectivity index (χ4v) is 7.83. The van der Waals surface area contributed by atoms with Crippen LogP contribution in [0.3, 0.4) is 0 Å². The summed E-state index contributed by atoms with van der Waals surface area (Å²) in [6.45, 7) is 5.93. The third kappa shape index (κ3) is 2.61. The van der Waals surface area contributed by atoms with Gasteiger partial charge >= 0.3 is 5.97 Å². The molecule has 0 aromatic carbocycles. The molecule has 0 bridgehead atoms. The number of allylic oxidation sites excluding steroid dienone is 1. The fourth-order valence-electron chi connectivity index (χ4n) is 7.40. The molecule has 5 heteroatoms. The quantitative estimate of drug-likeness (QED) is 0.483. The predicted molar refractivity (Wildman–Crippen MR) is 106 cm³/mol. The van der Waals surface area contributed by atoms with Gasteiger partial charge in [-0.2, -0.15) is 5.26 Å². The number of nitrogens with zero attached hydrogens (tertiary/aromatic N) is 1. The van der Waals surface area contributed by atoms with Crippen LogP contribution in [0, 0.1) is 39.9 Å². The highest BCUT2D eigenvalue weighted by Crippen LogP contribution is 2.69. The van der Waals surface area contributed by atoms with E-state index in [2.05, 4.69) is 19.9 Å². The lowest BCUT2D eigenvalue weighted by Gasteiger charge is -2.59. The maximum absolute atomic E-state index is 12.0. The first-order valence-electron chi connectivity index (χ1n) is 10.7. The van der Waals surface area contributed by atoms with Crippen LogP contribution in [0.5, 0.6) is 0 Å². The zero-order valence-corrected chi connectivity index (χ0v) is 17.8. The third-order valence-corrected chi connectivity index (χ3v) is 9.76. The second-order valence-electron chi connectivity index (χ2n) is 9.94. The van der Waals surface area contributed by atoms with Crippen molar-refractivity contribution in [2.75, 3.05) is 0 Å². The van der Waals surface area contributed by atoms with E-state index < -0.39 is 16.9 Å². The predicted octanol–water partition coefficient (Wildman–Crippen LogP) is 4.95. The van der Waals surface area contributed by atoms with Gasteiger partial charge in [-0.3, -0.25) is 9.59 Å². The van der Waals surface area contributed by atoms with Gasteiger partial charge in [0.05, 0.1) is 0 Å². The molecule has 0 saturated heterocycles. The highest BCUT2D eigenvalue weighted by Gasteiger charge is 2.66. The van der Waals surface area contributed by atoms with E-state index in [4.69, 9.17) is 16.3 Å². The number of fused-ring (bicyclic) bond motifs is 5. The Morgan fingerprint density at radius 2 is 1.93 bits per heavy atom. The van der Waals surface area contributed by atoms with Gasteiger partial charge < -0.3 is 4.74 Å². The zero-order chi connectivity index (χ0) is 20.3. The average molecular weight is 404 g/mol. The molecule has 0 aromatic heterocycles. The smallest absolute Gasteiger partial charge is 0.304 e. The normalized spacial score (nSPS) is 45.8. The minimum absolute atomic E-state index is 0.125. The van der Waals surface area contributed by atoms with E-state index >= 15 is 0 Å². The molecule has 0 amide bonds. The summed E-state index contributed by atoms with van der Waals surface area (Å²) in [5.74, 6) is 1.41. The fraction of sp³-hybridized carbons (Fsp3) is 0.783. The van der Waals surface area contributed by atoms with Crippen molar-refractivity contribution in [2.24, 2.45) is 28.6 Å². The summed E-state index contributed by atoms with van der Waals surface area (Å²) >= 11 is 7.16. The van der Waals surface area contributed by atoms with Crippen molar-refractivity contribution in [3.8, 4) is 6.07 Å². The second kappa shape index (κ2) is 6.59. The van der Waals surface area contributed by atoms with Crippen molar-refractivity contribution in [2.45, 2.75) is 83.1 Å². The monoisotopic (exact) mass is 403 g/mol. The molecule has 4 aliphatic rings. The maximum atomic E-state index is 12.0. The summed E-state index contributed by atoms with van der Waals surface area (Å²) in [4.78, 5) is 22.7. The van der Waals surface area contributed by atoms with Crippen LogP contribution in [0.4, 0.5) is 0 Å². The number of carbonyl (C=O) groups is 2. The van der Waals surface area contributed by atoms with Crippen LogP contribution in [0.15, 0.2) is 11.6 Å². The van der Waals surface area contributed by atoms with Gasteiger partial charge in [0.15, 0.2) is 5.78 Å². The van der Waals surface area contributed by atoms with Crippen molar-refractivity contribution < 1.29 is 14.3 Å². The topological polar surface area (TPSA) is 67.2 Å². The summed E-state index contributed by atoms with van der Waals surface area (Å²) in [7, 11) is 0. The molecule has 1 unspecified atom stereocenters. The first-order valence-corrected chi connectivity index (χ1v) is 11.0. The van der Waals surface area contributed by atoms with E-state index in [9.17, 15) is 14.9 Å². The van der Waals surface area contributed by atoms with Gasteiger partial charge in [0, 0.05) is 13.3 Å². The Bertz CT molecular complexity index is 785. The molecule has 0 N–H and O–H groups in total. The van der Waals surface area contributed by atoms with E-state index in [-0.39, 0.29) is 16.6 Å². The van der Waals surface area contributed by atoms with Crippen molar-refractivity contribution in [1.29, 1.82) is 5.26 Å². The summed E-state index contributed by atoms with van der Waals surface area (Å²) < 4.78 is 5.38. The zero-order valence-electron chi connectivity index (χ0n) is 17.1. The molecule has 4 aliphatic carbocycles. The average Bonchev–Trinajstić information content (AvgIpc) is 2.92. The number of nitriles is 1. The first kappa shape index (κ1) is 20.0. The number of ether oxygens (including phenoxy) is 1. The van der Waals surface area contributed by atoms with Crippen LogP contribution < -0.4 is 0 Å². The molecule has 3 fully saturated rings. The van der Waals surface area contributed by atoms with Crippen molar-refractivity contribution in [3.05, 3.63) is 11.6 Å². The number of carbonyl (C=O) groups excluding carboxylic acids is 2. The molecular weight excluding hydrogens is 374 g/mol. The Balaban J connectivity index is 1.66. The molecule has 7 atom stereocenters. The SMILES string of the molecule is CC(=O)OC(C#N)[C@@]1(Cl)CC[C@H]2[C@@H]3CCC4=CC(=O)CC[C@]4(C)[C@H]3CC[C@@]21C. The van der Waals surface area contributed by atoms with Gasteiger partial charge in [-0.05, 0) is 79.6 Å². The number of rotatable bonds is 2. The molecule has 0 aliphatic heterocycles. The first-order chi connectivity index (χ1) is 13.2. The number of hydrogen-bond donors (Lipinski definition) is 0. The summed E-state index contributed by atoms with van der Waals surface area (Å²) in [5.41, 5.74) is 1.27. The van der Waals surface area contributed by atoms with Crippen LogP contribution in [-0.2, 0) is 14.3 Å². The number of halogens is 1. The van der Waals surface area contributed by atoms with Crippen molar-refractivity contribution in [1.82, 2.24) is 0 Å². The van der Waals surface area contributed by atoms with Gasteiger partial charge in [-0.15, -0.1) is 11.6 Å². The minimum Gasteiger partial charge on any atom is -0.445 e. The molecule has 0 heterocycles. The highest BCUT2D eigenvalue weighted by atomic mass is 35.5. The third-order valence-electron chi connectivity index (χ3n) is 8.94. The second-order valence-corrected chi connectivity index (χ2v) is 10.6. The molecule has 28 heavy (non-hydrogen) atoms. The molecule has 3 saturated carbocycles.